The summed E-state index contributed by atoms with van der Waals surface area (Å²) in [6, 6.07) is 19.6. The van der Waals surface area contributed by atoms with E-state index in [4.69, 9.17) is 9.47 Å². The van der Waals surface area contributed by atoms with E-state index in [2.05, 4.69) is 59.9 Å². The van der Waals surface area contributed by atoms with Gasteiger partial charge in [-0.3, -0.25) is 0 Å². The minimum absolute atomic E-state index is 0.0943. The molecule has 3 fully saturated rings. The maximum Gasteiger partial charge on any atom is 0.0945 e. The lowest BCUT2D eigenvalue weighted by Gasteiger charge is -2.46. The molecule has 2 saturated heterocycles. The summed E-state index contributed by atoms with van der Waals surface area (Å²) in [5, 5.41) is 3.86. The van der Waals surface area contributed by atoms with Gasteiger partial charge in [-0.2, -0.15) is 0 Å². The Morgan fingerprint density at radius 1 is 0.839 bits per heavy atom. The van der Waals surface area contributed by atoms with Crippen molar-refractivity contribution in [1.29, 1.82) is 0 Å². The Labute approximate surface area is 189 Å². The van der Waals surface area contributed by atoms with Crippen LogP contribution in [0.15, 0.2) is 54.6 Å². The Morgan fingerprint density at radius 3 is 2.23 bits per heavy atom. The predicted octanol–water partition coefficient (Wildman–Crippen LogP) is 5.97. The lowest BCUT2D eigenvalue weighted by Crippen LogP contribution is -2.49. The van der Waals surface area contributed by atoms with Crippen molar-refractivity contribution in [3.8, 4) is 0 Å². The van der Waals surface area contributed by atoms with Crippen LogP contribution in [-0.2, 0) is 14.9 Å². The molecule has 1 aromatic carbocycles. The molecule has 1 saturated carbocycles. The first kappa shape index (κ1) is 22.8. The second-order valence-electron chi connectivity index (χ2n) is 9.99. The first-order valence-corrected chi connectivity index (χ1v) is 12.6. The summed E-state index contributed by atoms with van der Waals surface area (Å²) in [5.74, 6) is 0.871. The molecule has 2 atom stereocenters. The zero-order valence-corrected chi connectivity index (χ0v) is 19.2. The van der Waals surface area contributed by atoms with Crippen molar-refractivity contribution in [2.75, 3.05) is 32.9 Å². The van der Waals surface area contributed by atoms with E-state index < -0.39 is 0 Å². The van der Waals surface area contributed by atoms with Gasteiger partial charge in [-0.05, 0) is 56.7 Å². The maximum atomic E-state index is 6.35. The minimum Gasteiger partial charge on any atom is -0.378 e. The first-order chi connectivity index (χ1) is 15.3. The summed E-state index contributed by atoms with van der Waals surface area (Å²) in [5.41, 5.74) is 1.48. The van der Waals surface area contributed by atoms with E-state index in [1.807, 2.05) is 0 Å². The normalized spacial score (nSPS) is 29.4. The smallest absolute Gasteiger partial charge is 0.0945 e. The predicted molar refractivity (Wildman–Crippen MR) is 128 cm³/mol. The van der Waals surface area contributed by atoms with Gasteiger partial charge in [0, 0.05) is 25.0 Å². The highest BCUT2D eigenvalue weighted by atomic mass is 16.6. The minimum atomic E-state index is -0.0943. The molecule has 1 aliphatic carbocycles. The monoisotopic (exact) mass is 423 g/mol. The zero-order chi connectivity index (χ0) is 21.2. The second-order valence-corrected chi connectivity index (χ2v) is 9.99. The van der Waals surface area contributed by atoms with Gasteiger partial charge in [-0.1, -0.05) is 80.3 Å². The fraction of sp³-hybridized carbons (Fsp3) is 0.643. The summed E-state index contributed by atoms with van der Waals surface area (Å²) >= 11 is 0. The van der Waals surface area contributed by atoms with Crippen LogP contribution in [0.5, 0.6) is 0 Å². The average Bonchev–Trinajstić information content (AvgIpc) is 3.06. The molecule has 3 heteroatoms. The third kappa shape index (κ3) is 6.31. The van der Waals surface area contributed by atoms with Crippen LogP contribution < -0.4 is 5.32 Å². The Balaban J connectivity index is 1.50. The van der Waals surface area contributed by atoms with E-state index in [1.165, 1.54) is 50.6 Å². The Morgan fingerprint density at radius 2 is 1.55 bits per heavy atom. The van der Waals surface area contributed by atoms with E-state index in [-0.39, 0.29) is 11.0 Å². The van der Waals surface area contributed by atoms with Crippen molar-refractivity contribution in [2.24, 2.45) is 5.92 Å². The molecule has 2 heterocycles. The van der Waals surface area contributed by atoms with Gasteiger partial charge in [0.1, 0.15) is 0 Å². The number of hydrogen-bond donors (Lipinski definition) is 1. The summed E-state index contributed by atoms with van der Waals surface area (Å²) in [6.07, 6.45) is 12.9. The first-order valence-electron chi connectivity index (χ1n) is 12.6. The fourth-order valence-electron chi connectivity index (χ4n) is 5.92. The van der Waals surface area contributed by atoms with E-state index in [9.17, 15) is 0 Å². The van der Waals surface area contributed by atoms with Crippen LogP contribution in [0, 0.1) is 5.92 Å². The summed E-state index contributed by atoms with van der Waals surface area (Å²) in [6.45, 7) is 4.68. The number of nitrogens with one attached hydrogen (secondary N) is 1. The molecule has 4 rings (SSSR count). The van der Waals surface area contributed by atoms with E-state index >= 15 is 0 Å². The number of ether oxygens (including phenoxy) is 2. The van der Waals surface area contributed by atoms with Gasteiger partial charge in [0.2, 0.25) is 0 Å². The molecule has 2 unspecified atom stereocenters. The third-order valence-electron chi connectivity index (χ3n) is 7.74. The molecule has 0 amide bonds. The summed E-state index contributed by atoms with van der Waals surface area (Å²) < 4.78 is 12.2. The molecule has 1 aromatic rings. The van der Waals surface area contributed by atoms with Gasteiger partial charge >= 0.3 is 0 Å². The summed E-state index contributed by atoms with van der Waals surface area (Å²) in [4.78, 5) is 0. The van der Waals surface area contributed by atoms with Gasteiger partial charge in [0.15, 0.2) is 0 Å². The Bertz CT molecular complexity index is 695. The van der Waals surface area contributed by atoms with Gasteiger partial charge in [0.25, 0.3) is 0 Å². The van der Waals surface area contributed by atoms with Crippen molar-refractivity contribution >= 4 is 0 Å². The topological polar surface area (TPSA) is 30.5 Å². The van der Waals surface area contributed by atoms with Crippen molar-refractivity contribution < 1.29 is 9.47 Å². The molecule has 3 aliphatic rings. The molecule has 2 aliphatic heterocycles. The lowest BCUT2D eigenvalue weighted by molar-refractivity contribution is -0.108. The maximum absolute atomic E-state index is 6.35. The highest BCUT2D eigenvalue weighted by Crippen LogP contribution is 2.46. The van der Waals surface area contributed by atoms with E-state index in [0.29, 0.717) is 0 Å². The standard InChI is InChI=1S/C28H41NO2/c1-2-4-10-14-26(15-11-5-3-1)27(17-21-31-28(23-27)18-20-30-24-28)16-19-29-22-25-12-8-6-7-9-13-25/h1-5,10-11,14-15,25,29H,6-9,12-13,16-24H2. The van der Waals surface area contributed by atoms with Crippen LogP contribution >= 0.6 is 0 Å². The molecular weight excluding hydrogens is 382 g/mol. The van der Waals surface area contributed by atoms with Crippen molar-refractivity contribution in [3.05, 3.63) is 60.2 Å². The molecule has 0 radical (unpaired) electrons. The fourth-order valence-corrected chi connectivity index (χ4v) is 5.92. The second kappa shape index (κ2) is 11.4. The van der Waals surface area contributed by atoms with Gasteiger partial charge in [-0.15, -0.1) is 0 Å². The zero-order valence-electron chi connectivity index (χ0n) is 19.2. The highest BCUT2D eigenvalue weighted by molar-refractivity contribution is 5.26. The van der Waals surface area contributed by atoms with Gasteiger partial charge in [-0.25, -0.2) is 0 Å². The van der Waals surface area contributed by atoms with Crippen LogP contribution in [0.3, 0.4) is 0 Å². The molecule has 0 bridgehead atoms. The van der Waals surface area contributed by atoms with Crippen LogP contribution in [-0.4, -0.2) is 38.5 Å². The molecule has 1 spiro atoms. The van der Waals surface area contributed by atoms with E-state index in [1.54, 1.807) is 0 Å². The van der Waals surface area contributed by atoms with Crippen LogP contribution in [0.25, 0.3) is 0 Å². The van der Waals surface area contributed by atoms with Crippen LogP contribution in [0.2, 0.25) is 0 Å². The van der Waals surface area contributed by atoms with E-state index in [0.717, 1.165) is 58.0 Å². The molecule has 0 aromatic heterocycles. The largest absolute Gasteiger partial charge is 0.378 e. The Hall–Kier alpha value is -1.42. The molecular formula is C28H41NO2. The van der Waals surface area contributed by atoms with Crippen LogP contribution in [0.1, 0.15) is 69.8 Å². The van der Waals surface area contributed by atoms with Crippen molar-refractivity contribution in [3.63, 3.8) is 0 Å². The molecule has 31 heavy (non-hydrogen) atoms. The number of rotatable bonds is 6. The quantitative estimate of drug-likeness (QED) is 0.452. The van der Waals surface area contributed by atoms with Gasteiger partial charge in [0.05, 0.1) is 12.2 Å². The SMILES string of the molecule is c1ccccc(C2(CCNCC3CCCCCC3)CCOC3(CCOC3)C2)cccc1. The molecule has 1 N–H and O–H groups in total. The third-order valence-corrected chi connectivity index (χ3v) is 7.74. The van der Waals surface area contributed by atoms with Crippen molar-refractivity contribution in [1.82, 2.24) is 5.32 Å². The summed E-state index contributed by atoms with van der Waals surface area (Å²) in [7, 11) is 0. The molecule has 170 valence electrons. The van der Waals surface area contributed by atoms with Crippen molar-refractivity contribution in [2.45, 2.75) is 75.2 Å². The van der Waals surface area contributed by atoms with Gasteiger partial charge < -0.3 is 14.8 Å². The average molecular weight is 424 g/mol. The molecule has 3 nitrogen and oxygen atoms in total. The highest BCUT2D eigenvalue weighted by Gasteiger charge is 2.48. The lowest BCUT2D eigenvalue weighted by atomic mass is 9.66. The number of hydrogen-bond acceptors (Lipinski definition) is 3. The Kier molecular flexibility index (Phi) is 8.40. The van der Waals surface area contributed by atoms with Crippen LogP contribution in [0.4, 0.5) is 0 Å².